The van der Waals surface area contributed by atoms with Gasteiger partial charge in [-0.15, -0.1) is 10.8 Å². The zero-order valence-corrected chi connectivity index (χ0v) is 30.1. The summed E-state index contributed by atoms with van der Waals surface area (Å²) in [6, 6.07) is 3.78. The van der Waals surface area contributed by atoms with Crippen LogP contribution in [0.4, 0.5) is 31.7 Å². The molecule has 0 spiro atoms. The Morgan fingerprint density at radius 1 is 0.977 bits per heavy atom. The minimum Gasteiger partial charge on any atom is -0.870 e. The molecule has 225 valence electrons. The van der Waals surface area contributed by atoms with Crippen molar-refractivity contribution in [3.63, 3.8) is 0 Å². The molecular weight excluding hydrogens is 749 g/mol. The maximum absolute atomic E-state index is 13.7. The van der Waals surface area contributed by atoms with Gasteiger partial charge in [0.15, 0.2) is 5.82 Å². The van der Waals surface area contributed by atoms with Crippen LogP contribution < -0.4 is 80.2 Å². The van der Waals surface area contributed by atoms with Gasteiger partial charge in [-0.3, -0.25) is 4.79 Å². The molecule has 4 aromatic rings. The van der Waals surface area contributed by atoms with E-state index in [9.17, 15) is 44.6 Å². The van der Waals surface area contributed by atoms with Crippen molar-refractivity contribution in [1.82, 2.24) is 19.7 Å². The fourth-order valence-electron chi connectivity index (χ4n) is 3.19. The topological polar surface area (TPSA) is 236 Å². The van der Waals surface area contributed by atoms with E-state index in [1.54, 1.807) is 0 Å². The first kappa shape index (κ1) is 40.5. The first-order valence-corrected chi connectivity index (χ1v) is 14.0. The Labute approximate surface area is 311 Å². The summed E-state index contributed by atoms with van der Waals surface area (Å²) >= 11 is 11.7. The number of halogens is 4. The molecule has 15 nitrogen and oxygen atoms in total. The number of anilines is 2. The fourth-order valence-corrected chi connectivity index (χ4v) is 4.53. The van der Waals surface area contributed by atoms with E-state index in [2.05, 4.69) is 30.6 Å². The van der Waals surface area contributed by atoms with Gasteiger partial charge in [0, 0.05) is 5.69 Å². The van der Waals surface area contributed by atoms with Crippen LogP contribution in [-0.2, 0) is 37.3 Å². The Morgan fingerprint density at radius 2 is 1.59 bits per heavy atom. The Hall–Kier alpha value is -1.49. The van der Waals surface area contributed by atoms with Crippen molar-refractivity contribution < 1.29 is 116 Å². The maximum atomic E-state index is 13.7. The summed E-state index contributed by atoms with van der Waals surface area (Å²) in [4.78, 5) is 17.1. The van der Waals surface area contributed by atoms with Crippen molar-refractivity contribution in [3.8, 4) is 11.4 Å². The molecule has 0 saturated heterocycles. The van der Waals surface area contributed by atoms with Crippen molar-refractivity contribution in [2.24, 2.45) is 10.2 Å². The van der Waals surface area contributed by atoms with Crippen LogP contribution in [0, 0.1) is 18.9 Å². The first-order chi connectivity index (χ1) is 19.0. The number of benzene rings is 2. The molecule has 1 N–H and O–H groups in total. The largest absolute Gasteiger partial charge is 2.00 e. The third kappa shape index (κ3) is 8.85. The van der Waals surface area contributed by atoms with Crippen molar-refractivity contribution in [1.29, 1.82) is 0 Å². The normalized spacial score (nSPS) is 11.4. The average Bonchev–Trinajstić information content (AvgIpc) is 3.14. The van der Waals surface area contributed by atoms with Crippen molar-refractivity contribution >= 4 is 66.3 Å². The minimum absolute atomic E-state index is 0. The maximum Gasteiger partial charge on any atom is 2.00 e. The molecule has 24 heteroatoms. The van der Waals surface area contributed by atoms with Crippen LogP contribution in [0.25, 0.3) is 5.69 Å². The van der Waals surface area contributed by atoms with Gasteiger partial charge >= 0.3 is 82.3 Å². The standard InChI is InChI=1S/C20H13Cl2F2N7O8S2.Cu.2Na/c1-7-15(19(33)31(30-7)13-6-8(40(34,35)36)2-3-10(13)21)29-28-12-5-9(41(37,38)39)4-11(16(12)32)25-18-14(22)17(23)26-20(24)27-18;;;/h2-6H,1H3,(H5,25,26,27,28,29,30,32,33,34,35,36,37,38,39);;;/q;+2;2*+1/p-4. The number of nitrogens with zero attached hydrogens (tertiary/aromatic N) is 6. The second-order valence-electron chi connectivity index (χ2n) is 7.76. The van der Waals surface area contributed by atoms with Crippen LogP contribution in [0.15, 0.2) is 55.1 Å². The minimum atomic E-state index is -5.25. The van der Waals surface area contributed by atoms with Crippen molar-refractivity contribution in [2.45, 2.75) is 16.7 Å². The number of hydrogen-bond acceptors (Lipinski definition) is 13. The molecule has 0 unspecified atom stereocenters. The second kappa shape index (κ2) is 15.4. The van der Waals surface area contributed by atoms with Crippen LogP contribution in [0.2, 0.25) is 10.0 Å². The van der Waals surface area contributed by atoms with Crippen LogP contribution in [0.3, 0.4) is 0 Å². The molecule has 0 amide bonds. The Kier molecular flexibility index (Phi) is 14.2. The van der Waals surface area contributed by atoms with E-state index in [1.165, 1.54) is 6.92 Å². The van der Waals surface area contributed by atoms with E-state index in [0.29, 0.717) is 16.8 Å². The summed E-state index contributed by atoms with van der Waals surface area (Å²) in [7, 11) is -10.2. The smallest absolute Gasteiger partial charge is 0.870 e. The van der Waals surface area contributed by atoms with Gasteiger partial charge in [-0.05, 0) is 30.3 Å². The van der Waals surface area contributed by atoms with Crippen LogP contribution in [0.1, 0.15) is 5.69 Å². The van der Waals surface area contributed by atoms with E-state index in [1.807, 2.05) is 0 Å². The van der Waals surface area contributed by atoms with E-state index >= 15 is 0 Å². The molecule has 4 rings (SSSR count). The van der Waals surface area contributed by atoms with Gasteiger partial charge in [-0.2, -0.15) is 23.9 Å². The summed E-state index contributed by atoms with van der Waals surface area (Å²) in [5.41, 5.74) is -3.64. The van der Waals surface area contributed by atoms with Gasteiger partial charge < -0.3 is 29.3 Å². The predicted molar refractivity (Wildman–Crippen MR) is 131 cm³/mol. The third-order valence-corrected chi connectivity index (χ3v) is 7.35. The molecule has 0 aliphatic rings. The number of azo groups is 1. The molecule has 2 aromatic heterocycles. The molecule has 0 saturated carbocycles. The van der Waals surface area contributed by atoms with Crippen LogP contribution >= 0.6 is 23.2 Å². The zero-order chi connectivity index (χ0) is 30.4. The average molecular weight is 758 g/mol. The molecule has 2 aromatic carbocycles. The Morgan fingerprint density at radius 3 is 2.18 bits per heavy atom. The summed E-state index contributed by atoms with van der Waals surface area (Å²) in [6.07, 6.45) is -1.59. The second-order valence-corrected chi connectivity index (χ2v) is 11.3. The fraction of sp³-hybridized carbons (Fsp3) is 0.0500. The van der Waals surface area contributed by atoms with Crippen molar-refractivity contribution in [2.75, 3.05) is 5.32 Å². The number of rotatable bonds is 7. The third-order valence-electron chi connectivity index (χ3n) is 5.05. The van der Waals surface area contributed by atoms with Crippen LogP contribution in [0.5, 0.6) is 5.75 Å². The van der Waals surface area contributed by atoms with Gasteiger partial charge in [0.05, 0.1) is 26.2 Å². The molecule has 0 aliphatic heterocycles. The molecule has 2 heterocycles. The molecule has 44 heavy (non-hydrogen) atoms. The van der Waals surface area contributed by atoms with Gasteiger partial charge in [-0.25, -0.2) is 16.8 Å². The molecule has 0 bridgehead atoms. The summed E-state index contributed by atoms with van der Waals surface area (Å²) in [5.74, 6) is -3.49. The zero-order valence-electron chi connectivity index (χ0n) is 22.0. The predicted octanol–water partition coefficient (Wildman–Crippen LogP) is -3.48. The van der Waals surface area contributed by atoms with Crippen molar-refractivity contribution in [3.05, 3.63) is 68.5 Å². The van der Waals surface area contributed by atoms with E-state index in [0.717, 1.165) is 18.2 Å². The number of hydrogen-bond donors (Lipinski definition) is 1. The Balaban J connectivity index is 0.00000323. The quantitative estimate of drug-likeness (QED) is 0.0637. The number of aromatic nitrogens is 4. The van der Waals surface area contributed by atoms with Gasteiger partial charge in [0.1, 0.15) is 30.9 Å². The van der Waals surface area contributed by atoms with Gasteiger partial charge in [-0.1, -0.05) is 35.9 Å². The Bertz CT molecular complexity index is 2050. The SMILES string of the molecule is Cc1[n-]n(-c2cc(S(=O)(=O)[O-])ccc2Cl)c(=O)c1N=Nc1cc(S(=O)(=O)[O-])cc(Nc2nc(F)nc(F)c2Cl)c1[O-].[Cu+2].[Na+].[Na+]. The van der Waals surface area contributed by atoms with E-state index in [4.69, 9.17) is 23.2 Å². The van der Waals surface area contributed by atoms with Gasteiger partial charge in [0.25, 0.3) is 5.56 Å². The number of aryl methyl sites for hydroxylation is 1. The molecule has 0 atom stereocenters. The molecule has 1 radical (unpaired) electrons. The van der Waals surface area contributed by atoms with E-state index < -0.39 is 81.3 Å². The summed E-state index contributed by atoms with van der Waals surface area (Å²) in [5, 5.41) is 25.0. The van der Waals surface area contributed by atoms with E-state index in [-0.39, 0.29) is 92.6 Å². The molecule has 0 aliphatic carbocycles. The monoisotopic (exact) mass is 756 g/mol. The molecular formula is C20H9Cl2CuF2N7Na2O8S2. The first-order valence-electron chi connectivity index (χ1n) is 10.4. The summed E-state index contributed by atoms with van der Waals surface area (Å²) < 4.78 is 96.9. The van der Waals surface area contributed by atoms with Crippen LogP contribution in [-0.4, -0.2) is 40.6 Å². The molecule has 0 fully saturated rings. The van der Waals surface area contributed by atoms with Gasteiger partial charge in [0.2, 0.25) is 5.95 Å². The summed E-state index contributed by atoms with van der Waals surface area (Å²) in [6.45, 7) is 1.26. The number of nitrogens with one attached hydrogen (secondary N) is 1.